The summed E-state index contributed by atoms with van der Waals surface area (Å²) in [6, 6.07) is 4.61. The maximum atomic E-state index is 12.9. The summed E-state index contributed by atoms with van der Waals surface area (Å²) >= 11 is 0. The third kappa shape index (κ3) is 1.84. The Morgan fingerprint density at radius 2 is 2.25 bits per heavy atom. The molecule has 0 bridgehead atoms. The topological polar surface area (TPSA) is 20.2 Å². The van der Waals surface area contributed by atoms with E-state index in [1.165, 1.54) is 6.07 Å². The molecule has 0 spiro atoms. The lowest BCUT2D eigenvalue weighted by atomic mass is 10.1. The number of hydrogen-bond acceptors (Lipinski definition) is 1. The molecule has 12 heavy (non-hydrogen) atoms. The normalized spacial score (nSPS) is 9.42. The summed E-state index contributed by atoms with van der Waals surface area (Å²) in [6.45, 7) is -0.276. The van der Waals surface area contributed by atoms with Crippen LogP contribution in [-0.4, -0.2) is 5.11 Å². The highest BCUT2D eigenvalue weighted by molar-refractivity contribution is 5.26. The molecule has 0 aliphatic rings. The number of benzene rings is 1. The minimum absolute atomic E-state index is 0.276. The van der Waals surface area contributed by atoms with E-state index in [2.05, 4.69) is 5.92 Å². The van der Waals surface area contributed by atoms with Crippen LogP contribution in [0.15, 0.2) is 18.2 Å². The molecule has 1 aromatic carbocycles. The number of hydrogen-bond donors (Lipinski definition) is 1. The van der Waals surface area contributed by atoms with Crippen LogP contribution in [0.5, 0.6) is 0 Å². The Kier molecular flexibility index (Phi) is 2.84. The first-order valence-corrected chi connectivity index (χ1v) is 3.59. The fourth-order valence-electron chi connectivity index (χ4n) is 0.947. The molecule has 0 aliphatic heterocycles. The molecule has 2 heteroatoms. The van der Waals surface area contributed by atoms with Gasteiger partial charge >= 0.3 is 0 Å². The zero-order valence-corrected chi connectivity index (χ0v) is 6.55. The molecule has 0 radical (unpaired) electrons. The molecule has 1 rings (SSSR count). The fraction of sp³-hybridized carbons (Fsp3) is 0.200. The third-order valence-electron chi connectivity index (χ3n) is 1.59. The van der Waals surface area contributed by atoms with Crippen LogP contribution >= 0.6 is 0 Å². The molecule has 0 amide bonds. The van der Waals surface area contributed by atoms with E-state index < -0.39 is 5.82 Å². The van der Waals surface area contributed by atoms with E-state index >= 15 is 0 Å². The molecule has 62 valence electrons. The van der Waals surface area contributed by atoms with Crippen molar-refractivity contribution in [2.24, 2.45) is 0 Å². The van der Waals surface area contributed by atoms with Gasteiger partial charge in [0.15, 0.2) is 0 Å². The van der Waals surface area contributed by atoms with E-state index in [0.29, 0.717) is 12.0 Å². The van der Waals surface area contributed by atoms with E-state index in [1.807, 2.05) is 0 Å². The number of aliphatic hydroxyl groups excluding tert-OH is 1. The lowest BCUT2D eigenvalue weighted by Gasteiger charge is -2.00. The lowest BCUT2D eigenvalue weighted by molar-refractivity contribution is 0.275. The van der Waals surface area contributed by atoms with Crippen molar-refractivity contribution < 1.29 is 9.50 Å². The first-order chi connectivity index (χ1) is 5.77. The number of aliphatic hydroxyl groups is 1. The van der Waals surface area contributed by atoms with Gasteiger partial charge in [-0.05, 0) is 11.6 Å². The highest BCUT2D eigenvalue weighted by Crippen LogP contribution is 2.10. The predicted octanol–water partition coefficient (Wildman–Crippen LogP) is 1.49. The zero-order chi connectivity index (χ0) is 8.97. The monoisotopic (exact) mass is 164 g/mol. The van der Waals surface area contributed by atoms with Crippen LogP contribution in [0.1, 0.15) is 11.1 Å². The zero-order valence-electron chi connectivity index (χ0n) is 6.55. The molecule has 0 unspecified atom stereocenters. The minimum Gasteiger partial charge on any atom is -0.392 e. The molecule has 0 fully saturated rings. The minimum atomic E-state index is -0.398. The molecule has 0 aliphatic carbocycles. The molecular formula is C10H9FO. The van der Waals surface area contributed by atoms with Gasteiger partial charge in [-0.1, -0.05) is 12.1 Å². The predicted molar refractivity (Wildman–Crippen MR) is 44.9 cm³/mol. The maximum Gasteiger partial charge on any atom is 0.129 e. The van der Waals surface area contributed by atoms with Gasteiger partial charge in [-0.3, -0.25) is 0 Å². The van der Waals surface area contributed by atoms with Crippen molar-refractivity contribution in [3.63, 3.8) is 0 Å². The van der Waals surface area contributed by atoms with Gasteiger partial charge in [0.25, 0.3) is 0 Å². The Labute approximate surface area is 70.9 Å². The van der Waals surface area contributed by atoms with Crippen molar-refractivity contribution in [2.45, 2.75) is 13.0 Å². The largest absolute Gasteiger partial charge is 0.392 e. The molecular weight excluding hydrogens is 155 g/mol. The molecule has 0 heterocycles. The van der Waals surface area contributed by atoms with Gasteiger partial charge in [0, 0.05) is 12.0 Å². The van der Waals surface area contributed by atoms with E-state index in [1.54, 1.807) is 12.1 Å². The van der Waals surface area contributed by atoms with E-state index in [4.69, 9.17) is 11.5 Å². The van der Waals surface area contributed by atoms with Crippen molar-refractivity contribution in [1.82, 2.24) is 0 Å². The molecule has 0 atom stereocenters. The summed E-state index contributed by atoms with van der Waals surface area (Å²) in [5.41, 5.74) is 1.06. The van der Waals surface area contributed by atoms with Gasteiger partial charge in [0.1, 0.15) is 5.82 Å². The van der Waals surface area contributed by atoms with Crippen LogP contribution in [0.25, 0.3) is 0 Å². The van der Waals surface area contributed by atoms with Crippen molar-refractivity contribution in [1.29, 1.82) is 0 Å². The van der Waals surface area contributed by atoms with Crippen LogP contribution in [0, 0.1) is 18.2 Å². The maximum absolute atomic E-state index is 12.9. The van der Waals surface area contributed by atoms with Gasteiger partial charge in [0.2, 0.25) is 0 Å². The summed E-state index contributed by atoms with van der Waals surface area (Å²) in [4.78, 5) is 0. The van der Waals surface area contributed by atoms with Crippen LogP contribution < -0.4 is 0 Å². The summed E-state index contributed by atoms with van der Waals surface area (Å²) in [5, 5.41) is 8.66. The van der Waals surface area contributed by atoms with Crippen LogP contribution in [-0.2, 0) is 13.0 Å². The van der Waals surface area contributed by atoms with Gasteiger partial charge < -0.3 is 5.11 Å². The molecule has 1 nitrogen and oxygen atoms in total. The second kappa shape index (κ2) is 3.89. The van der Waals surface area contributed by atoms with Gasteiger partial charge in [-0.2, -0.15) is 0 Å². The third-order valence-corrected chi connectivity index (χ3v) is 1.59. The van der Waals surface area contributed by atoms with Crippen molar-refractivity contribution in [2.75, 3.05) is 0 Å². The van der Waals surface area contributed by atoms with Crippen LogP contribution in [0.3, 0.4) is 0 Å². The Bertz CT molecular complexity index is 312. The standard InChI is InChI=1S/C10H9FO/c1-2-3-8-4-5-9(7-12)10(11)6-8/h1,4-6,12H,3,7H2. The Morgan fingerprint density at radius 1 is 1.50 bits per heavy atom. The van der Waals surface area contributed by atoms with Crippen molar-refractivity contribution >= 4 is 0 Å². The van der Waals surface area contributed by atoms with Crippen LogP contribution in [0.2, 0.25) is 0 Å². The van der Waals surface area contributed by atoms with E-state index in [0.717, 1.165) is 5.56 Å². The summed E-state index contributed by atoms with van der Waals surface area (Å²) in [5.74, 6) is 2.02. The second-order valence-electron chi connectivity index (χ2n) is 2.46. The van der Waals surface area contributed by atoms with Gasteiger partial charge in [-0.15, -0.1) is 12.3 Å². The average Bonchev–Trinajstić information content (AvgIpc) is 2.05. The Hall–Kier alpha value is -1.33. The van der Waals surface area contributed by atoms with E-state index in [9.17, 15) is 4.39 Å². The molecule has 0 aromatic heterocycles. The lowest BCUT2D eigenvalue weighted by Crippen LogP contribution is -1.91. The Balaban J connectivity index is 2.95. The summed E-state index contributed by atoms with van der Waals surface area (Å²) < 4.78 is 12.9. The molecule has 1 N–H and O–H groups in total. The highest BCUT2D eigenvalue weighted by atomic mass is 19.1. The first-order valence-electron chi connectivity index (χ1n) is 3.59. The quantitative estimate of drug-likeness (QED) is 0.656. The summed E-state index contributed by atoms with van der Waals surface area (Å²) in [7, 11) is 0. The molecule has 1 aromatic rings. The number of rotatable bonds is 2. The number of halogens is 1. The first kappa shape index (κ1) is 8.76. The molecule has 0 saturated carbocycles. The van der Waals surface area contributed by atoms with Gasteiger partial charge in [0.05, 0.1) is 6.61 Å². The van der Waals surface area contributed by atoms with Crippen molar-refractivity contribution in [3.8, 4) is 12.3 Å². The smallest absolute Gasteiger partial charge is 0.129 e. The SMILES string of the molecule is C#CCc1ccc(CO)c(F)c1. The van der Waals surface area contributed by atoms with E-state index in [-0.39, 0.29) is 6.61 Å². The van der Waals surface area contributed by atoms with Gasteiger partial charge in [-0.25, -0.2) is 4.39 Å². The second-order valence-corrected chi connectivity index (χ2v) is 2.46. The Morgan fingerprint density at radius 3 is 2.75 bits per heavy atom. The highest BCUT2D eigenvalue weighted by Gasteiger charge is 2.00. The average molecular weight is 164 g/mol. The van der Waals surface area contributed by atoms with Crippen molar-refractivity contribution in [3.05, 3.63) is 35.1 Å². The fourth-order valence-corrected chi connectivity index (χ4v) is 0.947. The van der Waals surface area contributed by atoms with Crippen LogP contribution in [0.4, 0.5) is 4.39 Å². The molecule has 0 saturated heterocycles. The number of terminal acetylenes is 1. The summed E-state index contributed by atoms with van der Waals surface area (Å²) in [6.07, 6.45) is 5.48.